The van der Waals surface area contributed by atoms with Crippen molar-refractivity contribution < 1.29 is 9.59 Å². The van der Waals surface area contributed by atoms with Crippen molar-refractivity contribution >= 4 is 11.9 Å². The molecular formula is C10H19N3O2. The van der Waals surface area contributed by atoms with Gasteiger partial charge in [0.25, 0.3) is 5.91 Å². The van der Waals surface area contributed by atoms with Crippen LogP contribution in [0.2, 0.25) is 0 Å². The maximum atomic E-state index is 11.9. The molecule has 1 fully saturated rings. The minimum atomic E-state index is -0.333. The molecule has 1 aliphatic heterocycles. The fourth-order valence-corrected chi connectivity index (χ4v) is 2.00. The first-order chi connectivity index (χ1) is 7.04. The van der Waals surface area contributed by atoms with E-state index < -0.39 is 0 Å². The molecule has 0 aliphatic carbocycles. The van der Waals surface area contributed by atoms with Crippen LogP contribution in [0.15, 0.2) is 0 Å². The number of nitrogens with zero attached hydrogens (tertiary/aromatic N) is 2. The Morgan fingerprint density at radius 2 is 2.07 bits per heavy atom. The number of carbonyl (C=O) groups excluding carboxylic acids is 2. The third kappa shape index (κ3) is 1.97. The number of imide groups is 1. The number of hydrogen-bond acceptors (Lipinski definition) is 3. The van der Waals surface area contributed by atoms with Gasteiger partial charge < -0.3 is 10.2 Å². The van der Waals surface area contributed by atoms with Crippen LogP contribution in [0.25, 0.3) is 0 Å². The van der Waals surface area contributed by atoms with Gasteiger partial charge in [0.1, 0.15) is 6.04 Å². The summed E-state index contributed by atoms with van der Waals surface area (Å²) < 4.78 is 0. The zero-order valence-electron chi connectivity index (χ0n) is 9.78. The summed E-state index contributed by atoms with van der Waals surface area (Å²) in [5, 5.41) is 3.01. The zero-order valence-corrected chi connectivity index (χ0v) is 9.78. The molecule has 0 aromatic carbocycles. The van der Waals surface area contributed by atoms with Gasteiger partial charge in [-0.15, -0.1) is 0 Å². The monoisotopic (exact) mass is 213 g/mol. The van der Waals surface area contributed by atoms with Crippen molar-refractivity contribution in [3.05, 3.63) is 0 Å². The molecule has 5 nitrogen and oxygen atoms in total. The SMILES string of the molecule is CCN1C(=O)C(C)N(C(C)CNC)C1=O. The Kier molecular flexibility index (Phi) is 3.68. The van der Waals surface area contributed by atoms with Gasteiger partial charge in [-0.1, -0.05) is 0 Å². The first-order valence-corrected chi connectivity index (χ1v) is 5.32. The number of likely N-dealkylation sites (N-methyl/N-ethyl adjacent to an activating group) is 2. The second-order valence-corrected chi connectivity index (χ2v) is 3.86. The van der Waals surface area contributed by atoms with E-state index in [4.69, 9.17) is 0 Å². The first kappa shape index (κ1) is 12.0. The summed E-state index contributed by atoms with van der Waals surface area (Å²) in [6.45, 7) is 6.68. The Balaban J connectivity index is 2.82. The van der Waals surface area contributed by atoms with Crippen molar-refractivity contribution in [2.45, 2.75) is 32.9 Å². The second-order valence-electron chi connectivity index (χ2n) is 3.86. The van der Waals surface area contributed by atoms with Crippen molar-refractivity contribution in [1.82, 2.24) is 15.1 Å². The van der Waals surface area contributed by atoms with Gasteiger partial charge in [0, 0.05) is 19.1 Å². The molecule has 3 amide bonds. The third-order valence-corrected chi connectivity index (χ3v) is 2.78. The van der Waals surface area contributed by atoms with Gasteiger partial charge in [0.05, 0.1) is 0 Å². The molecule has 0 saturated carbocycles. The molecular weight excluding hydrogens is 194 g/mol. The second kappa shape index (κ2) is 4.61. The standard InChI is InChI=1S/C10H19N3O2/c1-5-12-9(14)8(3)13(10(12)15)7(2)6-11-4/h7-8,11H,5-6H2,1-4H3. The van der Waals surface area contributed by atoms with Crippen molar-refractivity contribution in [1.29, 1.82) is 0 Å². The summed E-state index contributed by atoms with van der Waals surface area (Å²) in [5.74, 6) is -0.0922. The zero-order chi connectivity index (χ0) is 11.6. The molecule has 86 valence electrons. The molecule has 0 radical (unpaired) electrons. The minimum Gasteiger partial charge on any atom is -0.318 e. The fraction of sp³-hybridized carbons (Fsp3) is 0.800. The molecule has 1 N–H and O–H groups in total. The van der Waals surface area contributed by atoms with Gasteiger partial charge >= 0.3 is 6.03 Å². The average Bonchev–Trinajstić information content (AvgIpc) is 2.39. The highest BCUT2D eigenvalue weighted by Gasteiger charge is 2.43. The molecule has 2 atom stereocenters. The predicted octanol–water partition coefficient (Wildman–Crippen LogP) is 0.267. The van der Waals surface area contributed by atoms with Crippen LogP contribution in [-0.2, 0) is 4.79 Å². The van der Waals surface area contributed by atoms with Crippen LogP contribution in [0.1, 0.15) is 20.8 Å². The van der Waals surface area contributed by atoms with Crippen LogP contribution in [0.3, 0.4) is 0 Å². The molecule has 1 heterocycles. The third-order valence-electron chi connectivity index (χ3n) is 2.78. The maximum absolute atomic E-state index is 11.9. The molecule has 1 aliphatic rings. The highest BCUT2D eigenvalue weighted by atomic mass is 16.2. The fourth-order valence-electron chi connectivity index (χ4n) is 2.00. The van der Waals surface area contributed by atoms with E-state index in [0.29, 0.717) is 13.1 Å². The molecule has 1 saturated heterocycles. The van der Waals surface area contributed by atoms with E-state index in [1.54, 1.807) is 11.8 Å². The molecule has 0 aromatic heterocycles. The van der Waals surface area contributed by atoms with Crippen LogP contribution < -0.4 is 5.32 Å². The number of nitrogens with one attached hydrogen (secondary N) is 1. The number of urea groups is 1. The number of hydrogen-bond donors (Lipinski definition) is 1. The van der Waals surface area contributed by atoms with Gasteiger partial charge in [-0.25, -0.2) is 4.79 Å². The molecule has 0 aromatic rings. The van der Waals surface area contributed by atoms with Crippen LogP contribution >= 0.6 is 0 Å². The van der Waals surface area contributed by atoms with Gasteiger partial charge in [0.15, 0.2) is 0 Å². The van der Waals surface area contributed by atoms with E-state index in [2.05, 4.69) is 5.32 Å². The quantitative estimate of drug-likeness (QED) is 0.682. The van der Waals surface area contributed by atoms with Crippen LogP contribution in [-0.4, -0.2) is 54.0 Å². The van der Waals surface area contributed by atoms with Crippen molar-refractivity contribution in [3.63, 3.8) is 0 Å². The van der Waals surface area contributed by atoms with Crippen LogP contribution in [0.4, 0.5) is 4.79 Å². The molecule has 0 bridgehead atoms. The summed E-state index contributed by atoms with van der Waals surface area (Å²) in [4.78, 5) is 26.5. The van der Waals surface area contributed by atoms with E-state index in [9.17, 15) is 9.59 Å². The normalized spacial score (nSPS) is 23.9. The smallest absolute Gasteiger partial charge is 0.318 e. The Labute approximate surface area is 90.4 Å². The predicted molar refractivity (Wildman–Crippen MR) is 57.5 cm³/mol. The highest BCUT2D eigenvalue weighted by molar-refractivity contribution is 6.04. The number of amides is 3. The van der Waals surface area contributed by atoms with E-state index in [-0.39, 0.29) is 24.0 Å². The molecule has 0 spiro atoms. The van der Waals surface area contributed by atoms with Gasteiger partial charge in [-0.2, -0.15) is 0 Å². The van der Waals surface area contributed by atoms with Crippen molar-refractivity contribution in [3.8, 4) is 0 Å². The molecule has 2 unspecified atom stereocenters. The van der Waals surface area contributed by atoms with Gasteiger partial charge in [-0.05, 0) is 27.8 Å². The van der Waals surface area contributed by atoms with E-state index in [0.717, 1.165) is 0 Å². The Morgan fingerprint density at radius 3 is 2.47 bits per heavy atom. The van der Waals surface area contributed by atoms with Crippen LogP contribution in [0, 0.1) is 0 Å². The Hall–Kier alpha value is -1.10. The van der Waals surface area contributed by atoms with Crippen LogP contribution in [0.5, 0.6) is 0 Å². The average molecular weight is 213 g/mol. The lowest BCUT2D eigenvalue weighted by Crippen LogP contribution is -2.45. The van der Waals surface area contributed by atoms with E-state index in [1.807, 2.05) is 20.9 Å². The van der Waals surface area contributed by atoms with Crippen molar-refractivity contribution in [2.75, 3.05) is 20.1 Å². The number of rotatable bonds is 4. The largest absolute Gasteiger partial charge is 0.327 e. The lowest BCUT2D eigenvalue weighted by atomic mass is 10.2. The van der Waals surface area contributed by atoms with Gasteiger partial charge in [-0.3, -0.25) is 9.69 Å². The topological polar surface area (TPSA) is 52.7 Å². The summed E-state index contributed by atoms with van der Waals surface area (Å²) in [5.41, 5.74) is 0. The lowest BCUT2D eigenvalue weighted by Gasteiger charge is -2.26. The van der Waals surface area contributed by atoms with E-state index in [1.165, 1.54) is 4.90 Å². The first-order valence-electron chi connectivity index (χ1n) is 5.32. The summed E-state index contributed by atoms with van der Waals surface area (Å²) >= 11 is 0. The molecule has 1 rings (SSSR count). The molecule has 5 heteroatoms. The highest BCUT2D eigenvalue weighted by Crippen LogP contribution is 2.19. The Morgan fingerprint density at radius 1 is 1.47 bits per heavy atom. The van der Waals surface area contributed by atoms with Gasteiger partial charge in [0.2, 0.25) is 0 Å². The lowest BCUT2D eigenvalue weighted by molar-refractivity contribution is -0.127. The minimum absolute atomic E-state index is 0.0398. The Bertz CT molecular complexity index is 267. The maximum Gasteiger partial charge on any atom is 0.327 e. The summed E-state index contributed by atoms with van der Waals surface area (Å²) in [6, 6.07) is -0.462. The molecule has 15 heavy (non-hydrogen) atoms. The van der Waals surface area contributed by atoms with E-state index >= 15 is 0 Å². The summed E-state index contributed by atoms with van der Waals surface area (Å²) in [6.07, 6.45) is 0. The summed E-state index contributed by atoms with van der Waals surface area (Å²) in [7, 11) is 1.83. The van der Waals surface area contributed by atoms with Crippen molar-refractivity contribution in [2.24, 2.45) is 0 Å². The number of carbonyl (C=O) groups is 2.